The first-order chi connectivity index (χ1) is 11.2. The minimum Gasteiger partial charge on any atom is -0.349 e. The quantitative estimate of drug-likeness (QED) is 0.850. The van der Waals surface area contributed by atoms with Crippen molar-refractivity contribution >= 4 is 41.6 Å². The summed E-state index contributed by atoms with van der Waals surface area (Å²) in [4.78, 5) is 17.7. The summed E-state index contributed by atoms with van der Waals surface area (Å²) < 4.78 is 0. The zero-order valence-electron chi connectivity index (χ0n) is 14.4. The van der Waals surface area contributed by atoms with Crippen LogP contribution in [-0.2, 0) is 0 Å². The number of benzene rings is 1. The number of aryl methyl sites for hydroxylation is 1. The Kier molecular flexibility index (Phi) is 6.66. The SMILES string of the molecule is Cc1ccc2nc(C3CC3)cc(C(=O)NC3CCNCC3)c2c1.Cl.Cl. The Morgan fingerprint density at radius 2 is 1.84 bits per heavy atom. The molecule has 0 atom stereocenters. The third kappa shape index (κ3) is 4.43. The van der Waals surface area contributed by atoms with Crippen LogP contribution in [0.5, 0.6) is 0 Å². The van der Waals surface area contributed by atoms with Crippen LogP contribution in [-0.4, -0.2) is 30.0 Å². The molecule has 2 N–H and O–H groups in total. The van der Waals surface area contributed by atoms with Crippen LogP contribution in [0.1, 0.15) is 53.2 Å². The Morgan fingerprint density at radius 1 is 1.12 bits per heavy atom. The number of fused-ring (bicyclic) bond motifs is 1. The molecule has 0 radical (unpaired) electrons. The molecule has 0 bridgehead atoms. The molecule has 4 nitrogen and oxygen atoms in total. The second-order valence-corrected chi connectivity index (χ2v) is 6.89. The Morgan fingerprint density at radius 3 is 2.52 bits per heavy atom. The lowest BCUT2D eigenvalue weighted by Crippen LogP contribution is -2.42. The van der Waals surface area contributed by atoms with Crippen molar-refractivity contribution in [2.75, 3.05) is 13.1 Å². The summed E-state index contributed by atoms with van der Waals surface area (Å²) in [5.41, 5.74) is 3.97. The molecule has 2 heterocycles. The highest BCUT2D eigenvalue weighted by Crippen LogP contribution is 2.40. The number of nitrogens with one attached hydrogen (secondary N) is 2. The molecule has 1 aromatic carbocycles. The van der Waals surface area contributed by atoms with Gasteiger partial charge in [0.15, 0.2) is 0 Å². The summed E-state index contributed by atoms with van der Waals surface area (Å²) in [6.07, 6.45) is 4.39. The van der Waals surface area contributed by atoms with E-state index < -0.39 is 0 Å². The van der Waals surface area contributed by atoms with Gasteiger partial charge in [-0.2, -0.15) is 0 Å². The average Bonchev–Trinajstić information content (AvgIpc) is 3.39. The molecule has 1 aliphatic heterocycles. The van der Waals surface area contributed by atoms with Crippen LogP contribution >= 0.6 is 24.8 Å². The van der Waals surface area contributed by atoms with E-state index in [1.807, 2.05) is 12.1 Å². The van der Waals surface area contributed by atoms with Crippen molar-refractivity contribution in [1.29, 1.82) is 0 Å². The molecular weight excluding hydrogens is 357 g/mol. The van der Waals surface area contributed by atoms with Gasteiger partial charge in [0.25, 0.3) is 5.91 Å². The fourth-order valence-electron chi connectivity index (χ4n) is 3.37. The first-order valence-electron chi connectivity index (χ1n) is 8.63. The third-order valence-electron chi connectivity index (χ3n) is 4.90. The summed E-state index contributed by atoms with van der Waals surface area (Å²) in [6.45, 7) is 4.02. The highest BCUT2D eigenvalue weighted by atomic mass is 35.5. The first kappa shape index (κ1) is 20.0. The van der Waals surface area contributed by atoms with Crippen molar-refractivity contribution in [3.8, 4) is 0 Å². The van der Waals surface area contributed by atoms with Crippen LogP contribution in [0.25, 0.3) is 10.9 Å². The normalized spacial score (nSPS) is 17.5. The van der Waals surface area contributed by atoms with Crippen LogP contribution in [0, 0.1) is 6.92 Å². The van der Waals surface area contributed by atoms with Crippen molar-refractivity contribution < 1.29 is 4.79 Å². The molecule has 1 aromatic heterocycles. The van der Waals surface area contributed by atoms with E-state index in [2.05, 4.69) is 29.7 Å². The van der Waals surface area contributed by atoms with E-state index in [4.69, 9.17) is 4.98 Å². The second-order valence-electron chi connectivity index (χ2n) is 6.89. The van der Waals surface area contributed by atoms with Crippen molar-refractivity contribution in [2.24, 2.45) is 0 Å². The minimum absolute atomic E-state index is 0. The predicted molar refractivity (Wildman–Crippen MR) is 106 cm³/mol. The van der Waals surface area contributed by atoms with Gasteiger partial charge in [-0.15, -0.1) is 24.8 Å². The summed E-state index contributed by atoms with van der Waals surface area (Å²) in [7, 11) is 0. The van der Waals surface area contributed by atoms with E-state index >= 15 is 0 Å². The lowest BCUT2D eigenvalue weighted by atomic mass is 10.0. The maximum absolute atomic E-state index is 12.9. The number of hydrogen-bond acceptors (Lipinski definition) is 3. The van der Waals surface area contributed by atoms with Gasteiger partial charge >= 0.3 is 0 Å². The van der Waals surface area contributed by atoms with Gasteiger partial charge in [0.05, 0.1) is 11.1 Å². The van der Waals surface area contributed by atoms with E-state index in [0.29, 0.717) is 5.92 Å². The van der Waals surface area contributed by atoms with Gasteiger partial charge in [0.2, 0.25) is 0 Å². The number of halogens is 2. The molecule has 0 unspecified atom stereocenters. The molecular formula is C19H25Cl2N3O. The maximum Gasteiger partial charge on any atom is 0.252 e. The Bertz CT molecular complexity index is 756. The standard InChI is InChI=1S/C19H23N3O.2ClH/c1-12-2-5-17-15(10-12)16(11-18(22-17)13-3-4-13)19(23)21-14-6-8-20-9-7-14;;/h2,5,10-11,13-14,20H,3-4,6-9H2,1H3,(H,21,23);2*1H. The van der Waals surface area contributed by atoms with E-state index in [1.165, 1.54) is 12.8 Å². The second kappa shape index (κ2) is 8.35. The van der Waals surface area contributed by atoms with Crippen molar-refractivity contribution in [1.82, 2.24) is 15.6 Å². The molecule has 2 fully saturated rings. The van der Waals surface area contributed by atoms with Gasteiger partial charge in [-0.1, -0.05) is 11.6 Å². The van der Waals surface area contributed by atoms with Gasteiger partial charge in [-0.05, 0) is 63.9 Å². The summed E-state index contributed by atoms with van der Waals surface area (Å²) >= 11 is 0. The van der Waals surface area contributed by atoms with E-state index in [9.17, 15) is 4.79 Å². The highest BCUT2D eigenvalue weighted by molar-refractivity contribution is 6.06. The highest BCUT2D eigenvalue weighted by Gasteiger charge is 2.27. The Labute approximate surface area is 161 Å². The number of pyridine rings is 1. The van der Waals surface area contributed by atoms with Crippen molar-refractivity contribution in [3.63, 3.8) is 0 Å². The minimum atomic E-state index is 0. The van der Waals surface area contributed by atoms with Gasteiger partial charge in [0, 0.05) is 23.0 Å². The molecule has 136 valence electrons. The topological polar surface area (TPSA) is 54.0 Å². The molecule has 0 spiro atoms. The van der Waals surface area contributed by atoms with Gasteiger partial charge < -0.3 is 10.6 Å². The predicted octanol–water partition coefficient (Wildman–Crippen LogP) is 3.75. The van der Waals surface area contributed by atoms with Crippen LogP contribution in [0.2, 0.25) is 0 Å². The molecule has 2 aliphatic rings. The number of hydrogen-bond donors (Lipinski definition) is 2. The smallest absolute Gasteiger partial charge is 0.252 e. The molecule has 4 rings (SSSR count). The van der Waals surface area contributed by atoms with Gasteiger partial charge in [-0.25, -0.2) is 0 Å². The first-order valence-corrected chi connectivity index (χ1v) is 8.63. The third-order valence-corrected chi connectivity index (χ3v) is 4.90. The summed E-state index contributed by atoms with van der Waals surface area (Å²) in [5.74, 6) is 0.600. The zero-order chi connectivity index (χ0) is 15.8. The van der Waals surface area contributed by atoms with Crippen LogP contribution < -0.4 is 10.6 Å². The fraction of sp³-hybridized carbons (Fsp3) is 0.474. The number of rotatable bonds is 3. The van der Waals surface area contributed by atoms with E-state index in [0.717, 1.165) is 53.7 Å². The average molecular weight is 382 g/mol. The molecule has 1 amide bonds. The molecule has 2 aromatic rings. The fourth-order valence-corrected chi connectivity index (χ4v) is 3.37. The van der Waals surface area contributed by atoms with E-state index in [-0.39, 0.29) is 36.8 Å². The Hall–Kier alpha value is -1.36. The molecule has 1 saturated carbocycles. The number of aromatic nitrogens is 1. The number of amides is 1. The summed E-state index contributed by atoms with van der Waals surface area (Å²) in [6, 6.07) is 8.49. The van der Waals surface area contributed by atoms with Crippen LogP contribution in [0.4, 0.5) is 0 Å². The molecule has 25 heavy (non-hydrogen) atoms. The number of carbonyl (C=O) groups excluding carboxylic acids is 1. The van der Waals surface area contributed by atoms with Gasteiger partial charge in [0.1, 0.15) is 0 Å². The molecule has 6 heteroatoms. The Balaban J connectivity index is 0.00000113. The lowest BCUT2D eigenvalue weighted by Gasteiger charge is -2.24. The molecule has 1 aliphatic carbocycles. The largest absolute Gasteiger partial charge is 0.349 e. The number of nitrogens with zero attached hydrogens (tertiary/aromatic N) is 1. The number of carbonyl (C=O) groups is 1. The van der Waals surface area contributed by atoms with Crippen molar-refractivity contribution in [3.05, 3.63) is 41.1 Å². The monoisotopic (exact) mass is 381 g/mol. The summed E-state index contributed by atoms with van der Waals surface area (Å²) in [5, 5.41) is 7.54. The maximum atomic E-state index is 12.9. The zero-order valence-corrected chi connectivity index (χ0v) is 16.0. The number of piperidine rings is 1. The van der Waals surface area contributed by atoms with Crippen LogP contribution in [0.15, 0.2) is 24.3 Å². The van der Waals surface area contributed by atoms with Crippen molar-refractivity contribution in [2.45, 2.75) is 44.6 Å². The molecule has 1 saturated heterocycles. The van der Waals surface area contributed by atoms with E-state index in [1.54, 1.807) is 0 Å². The van der Waals surface area contributed by atoms with Crippen LogP contribution in [0.3, 0.4) is 0 Å². The van der Waals surface area contributed by atoms with Gasteiger partial charge in [-0.3, -0.25) is 9.78 Å². The lowest BCUT2D eigenvalue weighted by molar-refractivity contribution is 0.0931.